The van der Waals surface area contributed by atoms with E-state index in [0.29, 0.717) is 0 Å². The molecule has 1 N–H and O–H groups in total. The van der Waals surface area contributed by atoms with Crippen LogP contribution in [0.3, 0.4) is 0 Å². The maximum atomic E-state index is 10.7. The molecule has 0 rings (SSSR count). The van der Waals surface area contributed by atoms with E-state index in [1.54, 1.807) is 6.92 Å². The SMILES string of the molecule is C=C=C(CCCCCCC)C(C)C(=O)O. The van der Waals surface area contributed by atoms with E-state index < -0.39 is 11.9 Å². The van der Waals surface area contributed by atoms with E-state index in [0.717, 1.165) is 18.4 Å². The lowest BCUT2D eigenvalue weighted by Gasteiger charge is -2.09. The Morgan fingerprint density at radius 3 is 2.40 bits per heavy atom. The molecule has 2 nitrogen and oxygen atoms in total. The summed E-state index contributed by atoms with van der Waals surface area (Å²) in [6.45, 7) is 7.43. The van der Waals surface area contributed by atoms with E-state index in [2.05, 4.69) is 19.2 Å². The number of rotatable bonds is 8. The Morgan fingerprint density at radius 1 is 1.33 bits per heavy atom. The van der Waals surface area contributed by atoms with Gasteiger partial charge in [0.15, 0.2) is 0 Å². The first kappa shape index (κ1) is 14.0. The molecule has 0 spiro atoms. The predicted molar refractivity (Wildman–Crippen MR) is 62.8 cm³/mol. The van der Waals surface area contributed by atoms with E-state index in [1.165, 1.54) is 25.7 Å². The van der Waals surface area contributed by atoms with Gasteiger partial charge in [-0.15, -0.1) is 5.73 Å². The average Bonchev–Trinajstić information content (AvgIpc) is 2.22. The normalized spacial score (nSPS) is 11.9. The molecule has 0 amide bonds. The summed E-state index contributed by atoms with van der Waals surface area (Å²) in [4.78, 5) is 10.7. The summed E-state index contributed by atoms with van der Waals surface area (Å²) >= 11 is 0. The molecule has 15 heavy (non-hydrogen) atoms. The van der Waals surface area contributed by atoms with Crippen molar-refractivity contribution in [1.82, 2.24) is 0 Å². The maximum Gasteiger partial charge on any atom is 0.310 e. The molecule has 0 fully saturated rings. The first-order valence-corrected chi connectivity index (χ1v) is 5.75. The van der Waals surface area contributed by atoms with E-state index in [4.69, 9.17) is 5.11 Å². The van der Waals surface area contributed by atoms with Gasteiger partial charge in [-0.25, -0.2) is 0 Å². The van der Waals surface area contributed by atoms with Gasteiger partial charge in [-0.05, 0) is 25.3 Å². The van der Waals surface area contributed by atoms with Crippen LogP contribution in [0.1, 0.15) is 52.4 Å². The number of hydrogen-bond acceptors (Lipinski definition) is 1. The van der Waals surface area contributed by atoms with E-state index in [9.17, 15) is 4.79 Å². The fourth-order valence-corrected chi connectivity index (χ4v) is 1.53. The van der Waals surface area contributed by atoms with Gasteiger partial charge in [0.05, 0.1) is 5.92 Å². The van der Waals surface area contributed by atoms with Crippen LogP contribution < -0.4 is 0 Å². The van der Waals surface area contributed by atoms with Gasteiger partial charge in [0, 0.05) is 0 Å². The summed E-state index contributed by atoms with van der Waals surface area (Å²) in [7, 11) is 0. The predicted octanol–water partition coefficient (Wildman–Crippen LogP) is 3.78. The smallest absolute Gasteiger partial charge is 0.310 e. The van der Waals surface area contributed by atoms with E-state index >= 15 is 0 Å². The topological polar surface area (TPSA) is 37.3 Å². The molecule has 0 aliphatic rings. The quantitative estimate of drug-likeness (QED) is 0.489. The molecular weight excluding hydrogens is 188 g/mol. The Morgan fingerprint density at radius 2 is 1.93 bits per heavy atom. The third-order valence-corrected chi connectivity index (χ3v) is 2.67. The van der Waals surface area contributed by atoms with Gasteiger partial charge in [0.1, 0.15) is 0 Å². The fraction of sp³-hybridized carbons (Fsp3) is 0.692. The molecular formula is C13H22O2. The number of carboxylic acid groups (broad SMARTS) is 1. The third-order valence-electron chi connectivity index (χ3n) is 2.67. The van der Waals surface area contributed by atoms with Gasteiger partial charge in [-0.2, -0.15) is 0 Å². The molecule has 0 aliphatic heterocycles. The molecule has 0 aromatic carbocycles. The minimum atomic E-state index is -0.783. The summed E-state index contributed by atoms with van der Waals surface area (Å²) in [5, 5.41) is 8.84. The molecule has 1 atom stereocenters. The Hall–Kier alpha value is -1.01. The minimum absolute atomic E-state index is 0.436. The standard InChI is InChI=1S/C13H22O2/c1-4-6-7-8-9-10-12(5-2)11(3)13(14)15/h11H,2,4,6-10H2,1,3H3,(H,14,15). The Kier molecular flexibility index (Phi) is 7.75. The van der Waals surface area contributed by atoms with Crippen LogP contribution in [0, 0.1) is 5.92 Å². The van der Waals surface area contributed by atoms with Crippen molar-refractivity contribution in [2.75, 3.05) is 0 Å². The average molecular weight is 210 g/mol. The number of carboxylic acids is 1. The van der Waals surface area contributed by atoms with Crippen molar-refractivity contribution >= 4 is 5.97 Å². The van der Waals surface area contributed by atoms with Gasteiger partial charge in [0.2, 0.25) is 0 Å². The Balaban J connectivity index is 3.83. The molecule has 0 heterocycles. The van der Waals surface area contributed by atoms with Gasteiger partial charge >= 0.3 is 5.97 Å². The summed E-state index contributed by atoms with van der Waals surface area (Å²) in [6, 6.07) is 0. The van der Waals surface area contributed by atoms with Crippen LogP contribution >= 0.6 is 0 Å². The summed E-state index contributed by atoms with van der Waals surface area (Å²) in [6.07, 6.45) is 6.78. The Bertz CT molecular complexity index is 237. The van der Waals surface area contributed by atoms with Crippen LogP contribution in [0.5, 0.6) is 0 Å². The highest BCUT2D eigenvalue weighted by Gasteiger charge is 2.15. The van der Waals surface area contributed by atoms with Crippen LogP contribution in [0.4, 0.5) is 0 Å². The fourth-order valence-electron chi connectivity index (χ4n) is 1.53. The largest absolute Gasteiger partial charge is 0.481 e. The zero-order valence-corrected chi connectivity index (χ0v) is 9.88. The summed E-state index contributed by atoms with van der Waals surface area (Å²) in [5.74, 6) is -1.22. The highest BCUT2D eigenvalue weighted by molar-refractivity contribution is 5.72. The number of carbonyl (C=O) groups is 1. The highest BCUT2D eigenvalue weighted by atomic mass is 16.4. The first-order chi connectivity index (χ1) is 7.13. The van der Waals surface area contributed by atoms with Crippen molar-refractivity contribution in [3.8, 4) is 0 Å². The van der Waals surface area contributed by atoms with E-state index in [-0.39, 0.29) is 0 Å². The second-order valence-electron chi connectivity index (χ2n) is 3.93. The molecule has 0 aromatic heterocycles. The number of unbranched alkanes of at least 4 members (excludes halogenated alkanes) is 4. The molecule has 0 saturated carbocycles. The molecule has 0 aromatic rings. The second-order valence-corrected chi connectivity index (χ2v) is 3.93. The van der Waals surface area contributed by atoms with E-state index in [1.807, 2.05) is 0 Å². The van der Waals surface area contributed by atoms with Gasteiger partial charge in [-0.1, -0.05) is 39.2 Å². The highest BCUT2D eigenvalue weighted by Crippen LogP contribution is 2.17. The van der Waals surface area contributed by atoms with Gasteiger partial charge < -0.3 is 5.11 Å². The van der Waals surface area contributed by atoms with Crippen LogP contribution in [0.15, 0.2) is 17.9 Å². The van der Waals surface area contributed by atoms with Crippen molar-refractivity contribution in [1.29, 1.82) is 0 Å². The lowest BCUT2D eigenvalue weighted by Crippen LogP contribution is -2.11. The number of aliphatic carboxylic acids is 1. The molecule has 1 unspecified atom stereocenters. The molecule has 0 aliphatic carbocycles. The molecule has 0 bridgehead atoms. The van der Waals surface area contributed by atoms with Crippen molar-refractivity contribution in [3.05, 3.63) is 17.9 Å². The van der Waals surface area contributed by atoms with Crippen LogP contribution in [0.25, 0.3) is 0 Å². The van der Waals surface area contributed by atoms with Crippen LogP contribution in [-0.4, -0.2) is 11.1 Å². The zero-order valence-electron chi connectivity index (χ0n) is 9.88. The lowest BCUT2D eigenvalue weighted by molar-refractivity contribution is -0.139. The maximum absolute atomic E-state index is 10.7. The van der Waals surface area contributed by atoms with Crippen molar-refractivity contribution < 1.29 is 9.90 Å². The van der Waals surface area contributed by atoms with Crippen LogP contribution in [-0.2, 0) is 4.79 Å². The summed E-state index contributed by atoms with van der Waals surface area (Å²) < 4.78 is 0. The molecule has 0 saturated heterocycles. The Labute approximate surface area is 92.7 Å². The molecule has 86 valence electrons. The second kappa shape index (κ2) is 8.31. The zero-order chi connectivity index (χ0) is 11.7. The number of hydrogen-bond donors (Lipinski definition) is 1. The van der Waals surface area contributed by atoms with Gasteiger partial charge in [0.25, 0.3) is 0 Å². The summed E-state index contributed by atoms with van der Waals surface area (Å²) in [5.41, 5.74) is 3.59. The van der Waals surface area contributed by atoms with Crippen LogP contribution in [0.2, 0.25) is 0 Å². The van der Waals surface area contributed by atoms with Gasteiger partial charge in [-0.3, -0.25) is 4.79 Å². The lowest BCUT2D eigenvalue weighted by atomic mass is 9.96. The van der Waals surface area contributed by atoms with Crippen molar-refractivity contribution in [3.63, 3.8) is 0 Å². The third kappa shape index (κ3) is 6.14. The molecule has 0 radical (unpaired) electrons. The molecule has 2 heteroatoms. The monoisotopic (exact) mass is 210 g/mol. The van der Waals surface area contributed by atoms with Crippen molar-refractivity contribution in [2.24, 2.45) is 5.92 Å². The minimum Gasteiger partial charge on any atom is -0.481 e. The van der Waals surface area contributed by atoms with Crippen molar-refractivity contribution in [2.45, 2.75) is 52.4 Å². The first-order valence-electron chi connectivity index (χ1n) is 5.75.